The lowest BCUT2D eigenvalue weighted by atomic mass is 10.2. The number of halogens is 2. The van der Waals surface area contributed by atoms with Crippen molar-refractivity contribution in [3.8, 4) is 0 Å². The van der Waals surface area contributed by atoms with E-state index in [0.717, 1.165) is 4.47 Å². The first kappa shape index (κ1) is 14.0. The fourth-order valence-electron chi connectivity index (χ4n) is 1.82. The Balaban J connectivity index is 2.49. The van der Waals surface area contributed by atoms with Gasteiger partial charge in [0.1, 0.15) is 16.6 Å². The maximum absolute atomic E-state index is 13.7. The van der Waals surface area contributed by atoms with Crippen LogP contribution >= 0.6 is 28.1 Å². The molecule has 7 heteroatoms. The van der Waals surface area contributed by atoms with Crippen molar-refractivity contribution >= 4 is 44.6 Å². The van der Waals surface area contributed by atoms with Crippen LogP contribution in [0.3, 0.4) is 0 Å². The van der Waals surface area contributed by atoms with Crippen LogP contribution < -0.4 is 11.1 Å². The molecule has 0 aliphatic heterocycles. The number of anilines is 2. The summed E-state index contributed by atoms with van der Waals surface area (Å²) in [6, 6.07) is 4.64. The van der Waals surface area contributed by atoms with Crippen LogP contribution in [0, 0.1) is 12.7 Å². The van der Waals surface area contributed by atoms with E-state index in [1.807, 2.05) is 0 Å². The highest BCUT2D eigenvalue weighted by Crippen LogP contribution is 2.27. The van der Waals surface area contributed by atoms with Crippen LogP contribution in [0.1, 0.15) is 11.3 Å². The van der Waals surface area contributed by atoms with Gasteiger partial charge >= 0.3 is 0 Å². The lowest BCUT2D eigenvalue weighted by Gasteiger charge is -2.10. The van der Waals surface area contributed by atoms with E-state index in [4.69, 9.17) is 18.0 Å². The van der Waals surface area contributed by atoms with Gasteiger partial charge in [-0.05, 0) is 25.1 Å². The lowest BCUT2D eigenvalue weighted by molar-refractivity contribution is 0.631. The number of rotatable bonds is 3. The fourth-order valence-corrected chi connectivity index (χ4v) is 2.42. The van der Waals surface area contributed by atoms with Crippen LogP contribution in [-0.4, -0.2) is 14.8 Å². The largest absolute Gasteiger partial charge is 0.389 e. The van der Waals surface area contributed by atoms with E-state index in [1.165, 1.54) is 6.07 Å². The summed E-state index contributed by atoms with van der Waals surface area (Å²) in [5.41, 5.74) is 7.34. The highest BCUT2D eigenvalue weighted by Gasteiger charge is 2.16. The maximum Gasteiger partial charge on any atom is 0.146 e. The van der Waals surface area contributed by atoms with Crippen LogP contribution in [0.2, 0.25) is 0 Å². The summed E-state index contributed by atoms with van der Waals surface area (Å²) in [5, 5.41) is 7.21. The molecule has 2 rings (SSSR count). The zero-order chi connectivity index (χ0) is 14.2. The van der Waals surface area contributed by atoms with Crippen LogP contribution in [0.15, 0.2) is 22.7 Å². The van der Waals surface area contributed by atoms with Gasteiger partial charge in [-0.25, -0.2) is 4.39 Å². The number of nitrogens with zero attached hydrogens (tertiary/aromatic N) is 2. The van der Waals surface area contributed by atoms with Gasteiger partial charge in [0, 0.05) is 11.5 Å². The quantitative estimate of drug-likeness (QED) is 0.842. The third-order valence-corrected chi connectivity index (χ3v) is 3.35. The van der Waals surface area contributed by atoms with Gasteiger partial charge in [-0.3, -0.25) is 4.68 Å². The predicted molar refractivity (Wildman–Crippen MR) is 81.2 cm³/mol. The number of aryl methyl sites for hydroxylation is 2. The first-order valence-corrected chi connectivity index (χ1v) is 6.65. The van der Waals surface area contributed by atoms with Crippen molar-refractivity contribution in [1.29, 1.82) is 0 Å². The second-order valence-corrected chi connectivity index (χ2v) is 5.40. The van der Waals surface area contributed by atoms with Gasteiger partial charge < -0.3 is 11.1 Å². The Labute approximate surface area is 123 Å². The minimum absolute atomic E-state index is 0.225. The van der Waals surface area contributed by atoms with Crippen molar-refractivity contribution in [2.75, 3.05) is 5.32 Å². The third-order valence-electron chi connectivity index (χ3n) is 2.65. The van der Waals surface area contributed by atoms with Crippen LogP contribution in [0.4, 0.5) is 15.9 Å². The molecule has 2 aromatic rings. The molecule has 1 aromatic heterocycles. The fraction of sp³-hybridized carbons (Fsp3) is 0.167. The third kappa shape index (κ3) is 2.76. The van der Waals surface area contributed by atoms with Crippen molar-refractivity contribution in [3.63, 3.8) is 0 Å². The van der Waals surface area contributed by atoms with Crippen LogP contribution in [-0.2, 0) is 7.05 Å². The molecular formula is C12H12BrFN4S. The van der Waals surface area contributed by atoms with Gasteiger partial charge in [0.05, 0.1) is 16.9 Å². The predicted octanol–water partition coefficient (Wildman–Crippen LogP) is 3.01. The average Bonchev–Trinajstić information content (AvgIpc) is 2.59. The van der Waals surface area contributed by atoms with Gasteiger partial charge in [-0.2, -0.15) is 5.10 Å². The van der Waals surface area contributed by atoms with Gasteiger partial charge in [0.2, 0.25) is 0 Å². The molecule has 19 heavy (non-hydrogen) atoms. The summed E-state index contributed by atoms with van der Waals surface area (Å²) in [5.74, 6) is 0.206. The van der Waals surface area contributed by atoms with E-state index < -0.39 is 0 Å². The van der Waals surface area contributed by atoms with Crippen molar-refractivity contribution in [2.24, 2.45) is 12.8 Å². The zero-order valence-corrected chi connectivity index (χ0v) is 12.8. The maximum atomic E-state index is 13.7. The van der Waals surface area contributed by atoms with Crippen LogP contribution in [0.25, 0.3) is 0 Å². The Morgan fingerprint density at radius 1 is 1.53 bits per heavy atom. The van der Waals surface area contributed by atoms with Crippen molar-refractivity contribution in [2.45, 2.75) is 6.92 Å². The second kappa shape index (κ2) is 5.26. The van der Waals surface area contributed by atoms with E-state index in [2.05, 4.69) is 26.3 Å². The second-order valence-electron chi connectivity index (χ2n) is 4.05. The molecule has 0 atom stereocenters. The summed E-state index contributed by atoms with van der Waals surface area (Å²) in [4.78, 5) is 0.225. The number of hydrogen-bond acceptors (Lipinski definition) is 3. The molecule has 4 nitrogen and oxygen atoms in total. The molecule has 0 saturated carbocycles. The Morgan fingerprint density at radius 3 is 2.84 bits per heavy atom. The highest BCUT2D eigenvalue weighted by atomic mass is 79.9. The van der Waals surface area contributed by atoms with Gasteiger partial charge in [-0.15, -0.1) is 0 Å². The van der Waals surface area contributed by atoms with Gasteiger partial charge in [-0.1, -0.05) is 28.1 Å². The van der Waals surface area contributed by atoms with E-state index >= 15 is 0 Å². The smallest absolute Gasteiger partial charge is 0.146 e. The summed E-state index contributed by atoms with van der Waals surface area (Å²) >= 11 is 8.31. The summed E-state index contributed by atoms with van der Waals surface area (Å²) in [7, 11) is 1.74. The normalized spacial score (nSPS) is 10.5. The van der Waals surface area contributed by atoms with Crippen molar-refractivity contribution in [1.82, 2.24) is 9.78 Å². The number of thiocarbonyl (C=S) groups is 1. The summed E-state index contributed by atoms with van der Waals surface area (Å²) in [6.45, 7) is 1.80. The zero-order valence-electron chi connectivity index (χ0n) is 10.4. The Kier molecular flexibility index (Phi) is 3.86. The van der Waals surface area contributed by atoms with Crippen LogP contribution in [0.5, 0.6) is 0 Å². The van der Waals surface area contributed by atoms with Gasteiger partial charge in [0.25, 0.3) is 0 Å². The summed E-state index contributed by atoms with van der Waals surface area (Å²) < 4.78 is 16.1. The SMILES string of the molecule is Cc1nn(C)c(Nc2cc(Br)ccc2F)c1C(N)=S. The molecule has 0 spiro atoms. The monoisotopic (exact) mass is 342 g/mol. The molecule has 0 aliphatic carbocycles. The molecule has 0 saturated heterocycles. The molecule has 0 aliphatic rings. The lowest BCUT2D eigenvalue weighted by Crippen LogP contribution is -2.13. The molecular weight excluding hydrogens is 331 g/mol. The first-order valence-electron chi connectivity index (χ1n) is 5.45. The van der Waals surface area contributed by atoms with Crippen molar-refractivity contribution in [3.05, 3.63) is 39.7 Å². The number of aromatic nitrogens is 2. The minimum atomic E-state index is -0.365. The van der Waals surface area contributed by atoms with E-state index in [9.17, 15) is 4.39 Å². The Hall–Kier alpha value is -1.47. The minimum Gasteiger partial charge on any atom is -0.389 e. The molecule has 1 heterocycles. The Bertz CT molecular complexity index is 653. The average molecular weight is 343 g/mol. The number of hydrogen-bond donors (Lipinski definition) is 2. The Morgan fingerprint density at radius 2 is 2.21 bits per heavy atom. The topological polar surface area (TPSA) is 55.9 Å². The van der Waals surface area contributed by atoms with Gasteiger partial charge in [0.15, 0.2) is 0 Å². The standard InChI is InChI=1S/C12H12BrFN4S/c1-6-10(11(15)19)12(18(2)17-6)16-9-5-7(13)3-4-8(9)14/h3-5,16H,1-2H3,(H2,15,19). The first-order chi connectivity index (χ1) is 8.90. The number of benzene rings is 1. The number of nitrogens with two attached hydrogens (primary N) is 1. The summed E-state index contributed by atoms with van der Waals surface area (Å²) in [6.07, 6.45) is 0. The van der Waals surface area contributed by atoms with E-state index in [1.54, 1.807) is 30.8 Å². The number of nitrogens with one attached hydrogen (secondary N) is 1. The van der Waals surface area contributed by atoms with E-state index in [-0.39, 0.29) is 10.8 Å². The van der Waals surface area contributed by atoms with Crippen molar-refractivity contribution < 1.29 is 4.39 Å². The molecule has 1 aromatic carbocycles. The highest BCUT2D eigenvalue weighted by molar-refractivity contribution is 9.10. The molecule has 0 radical (unpaired) electrons. The molecule has 0 unspecified atom stereocenters. The molecule has 3 N–H and O–H groups in total. The van der Waals surface area contributed by atoms with E-state index in [0.29, 0.717) is 22.8 Å². The molecule has 0 bridgehead atoms. The molecule has 0 amide bonds. The molecule has 100 valence electrons. The molecule has 0 fully saturated rings.